The van der Waals surface area contributed by atoms with Crippen LogP contribution in [0.15, 0.2) is 60.8 Å². The summed E-state index contributed by atoms with van der Waals surface area (Å²) in [7, 11) is 1.31. The van der Waals surface area contributed by atoms with Gasteiger partial charge in [0.05, 0.1) is 25.0 Å². The Bertz CT molecular complexity index is 967. The zero-order chi connectivity index (χ0) is 20.8. The number of ether oxygens (including phenoxy) is 1. The molecule has 0 radical (unpaired) electrons. The van der Waals surface area contributed by atoms with Gasteiger partial charge in [0.25, 0.3) is 5.91 Å². The van der Waals surface area contributed by atoms with E-state index in [1.165, 1.54) is 12.0 Å². The maximum absolute atomic E-state index is 13.3. The number of nitrogens with zero attached hydrogens (tertiary/aromatic N) is 4. The molecule has 0 aliphatic heterocycles. The smallest absolute Gasteiger partial charge is 0.325 e. The van der Waals surface area contributed by atoms with Gasteiger partial charge < -0.3 is 9.64 Å². The second-order valence-corrected chi connectivity index (χ2v) is 6.73. The highest BCUT2D eigenvalue weighted by molar-refractivity contribution is 5.94. The molecule has 0 spiro atoms. The Balaban J connectivity index is 1.92. The van der Waals surface area contributed by atoms with Gasteiger partial charge in [0.2, 0.25) is 0 Å². The lowest BCUT2D eigenvalue weighted by Crippen LogP contribution is -2.39. The number of carbonyl (C=O) groups excluding carboxylic acids is 2. The second kappa shape index (κ2) is 9.14. The molecule has 1 amide bonds. The Kier molecular flexibility index (Phi) is 6.39. The molecule has 0 saturated carbocycles. The van der Waals surface area contributed by atoms with E-state index in [0.29, 0.717) is 6.42 Å². The molecular formula is C22H24N4O3. The number of methoxy groups -OCH3 is 1. The zero-order valence-corrected chi connectivity index (χ0v) is 16.8. The van der Waals surface area contributed by atoms with E-state index in [0.717, 1.165) is 16.8 Å². The second-order valence-electron chi connectivity index (χ2n) is 6.73. The summed E-state index contributed by atoms with van der Waals surface area (Å²) in [6.07, 6.45) is 2.22. The van der Waals surface area contributed by atoms with Crippen molar-refractivity contribution in [2.75, 3.05) is 13.7 Å². The molecule has 0 fully saturated rings. The highest BCUT2D eigenvalue weighted by Gasteiger charge is 2.29. The molecule has 3 rings (SSSR count). The van der Waals surface area contributed by atoms with Crippen molar-refractivity contribution in [1.29, 1.82) is 0 Å². The molecule has 0 unspecified atom stereocenters. The minimum atomic E-state index is -0.487. The quantitative estimate of drug-likeness (QED) is 0.576. The van der Waals surface area contributed by atoms with Crippen molar-refractivity contribution in [2.24, 2.45) is 0 Å². The number of benzene rings is 2. The van der Waals surface area contributed by atoms with E-state index in [2.05, 4.69) is 10.3 Å². The van der Waals surface area contributed by atoms with Crippen LogP contribution >= 0.6 is 0 Å². The SMILES string of the molecule is CC[C@H](c1ccccc1)N(CC(=O)OC)C(=O)c1cn(-c2ccc(C)cc2)nn1. The topological polar surface area (TPSA) is 77.3 Å². The highest BCUT2D eigenvalue weighted by Crippen LogP contribution is 2.25. The van der Waals surface area contributed by atoms with Crippen molar-refractivity contribution < 1.29 is 14.3 Å². The maximum atomic E-state index is 13.3. The molecule has 2 aromatic carbocycles. The van der Waals surface area contributed by atoms with Gasteiger partial charge in [-0.2, -0.15) is 0 Å². The average Bonchev–Trinajstić information content (AvgIpc) is 3.24. The van der Waals surface area contributed by atoms with E-state index in [1.807, 2.05) is 68.4 Å². The fourth-order valence-electron chi connectivity index (χ4n) is 3.17. The van der Waals surface area contributed by atoms with Crippen LogP contribution < -0.4 is 0 Å². The molecular weight excluding hydrogens is 368 g/mol. The van der Waals surface area contributed by atoms with Crippen LogP contribution in [0.2, 0.25) is 0 Å². The number of aromatic nitrogens is 3. The lowest BCUT2D eigenvalue weighted by molar-refractivity contribution is -0.141. The molecule has 1 atom stereocenters. The van der Waals surface area contributed by atoms with Crippen molar-refractivity contribution >= 4 is 11.9 Å². The summed E-state index contributed by atoms with van der Waals surface area (Å²) in [5.74, 6) is -0.858. The molecule has 0 aliphatic carbocycles. The first-order valence-electron chi connectivity index (χ1n) is 9.45. The van der Waals surface area contributed by atoms with Crippen molar-refractivity contribution in [2.45, 2.75) is 26.3 Å². The van der Waals surface area contributed by atoms with Crippen molar-refractivity contribution in [1.82, 2.24) is 19.9 Å². The number of aryl methyl sites for hydroxylation is 1. The standard InChI is InChI=1S/C22H24N4O3/c1-4-20(17-8-6-5-7-9-17)25(15-21(27)29-3)22(28)19-14-26(24-23-19)18-12-10-16(2)11-13-18/h5-14,20H,4,15H2,1-3H3/t20-/m1/s1. The molecule has 29 heavy (non-hydrogen) atoms. The first-order valence-corrected chi connectivity index (χ1v) is 9.45. The Morgan fingerprint density at radius 3 is 2.41 bits per heavy atom. The van der Waals surface area contributed by atoms with Gasteiger partial charge in [-0.1, -0.05) is 60.2 Å². The summed E-state index contributed by atoms with van der Waals surface area (Å²) >= 11 is 0. The third-order valence-corrected chi connectivity index (χ3v) is 4.75. The zero-order valence-electron chi connectivity index (χ0n) is 16.8. The molecule has 0 bridgehead atoms. The normalized spacial score (nSPS) is 11.7. The van der Waals surface area contributed by atoms with Gasteiger partial charge in [0, 0.05) is 0 Å². The van der Waals surface area contributed by atoms with Gasteiger partial charge in [-0.05, 0) is 31.0 Å². The number of amides is 1. The molecule has 0 aliphatic rings. The van der Waals surface area contributed by atoms with Gasteiger partial charge in [-0.25, -0.2) is 4.68 Å². The third-order valence-electron chi connectivity index (χ3n) is 4.75. The van der Waals surface area contributed by atoms with Crippen LogP contribution in [-0.4, -0.2) is 45.4 Å². The number of hydrogen-bond acceptors (Lipinski definition) is 5. The molecule has 0 saturated heterocycles. The molecule has 7 nitrogen and oxygen atoms in total. The largest absolute Gasteiger partial charge is 0.468 e. The van der Waals surface area contributed by atoms with Gasteiger partial charge in [-0.15, -0.1) is 5.10 Å². The van der Waals surface area contributed by atoms with E-state index in [1.54, 1.807) is 10.9 Å². The summed E-state index contributed by atoms with van der Waals surface area (Å²) in [5.41, 5.74) is 3.04. The molecule has 3 aromatic rings. The Hall–Kier alpha value is -3.48. The third kappa shape index (κ3) is 4.68. The molecule has 1 heterocycles. The van der Waals surface area contributed by atoms with Gasteiger partial charge in [0.1, 0.15) is 6.54 Å². The van der Waals surface area contributed by atoms with E-state index in [4.69, 9.17) is 4.74 Å². The lowest BCUT2D eigenvalue weighted by Gasteiger charge is -2.30. The van der Waals surface area contributed by atoms with Crippen LogP contribution in [-0.2, 0) is 9.53 Å². The van der Waals surface area contributed by atoms with Gasteiger partial charge in [-0.3, -0.25) is 9.59 Å². The fourth-order valence-corrected chi connectivity index (χ4v) is 3.17. The van der Waals surface area contributed by atoms with Crippen LogP contribution in [0.3, 0.4) is 0 Å². The summed E-state index contributed by atoms with van der Waals surface area (Å²) in [6.45, 7) is 3.80. The van der Waals surface area contributed by atoms with E-state index in [9.17, 15) is 9.59 Å². The summed E-state index contributed by atoms with van der Waals surface area (Å²) < 4.78 is 6.36. The number of rotatable bonds is 7. The first kappa shape index (κ1) is 20.3. The summed E-state index contributed by atoms with van der Waals surface area (Å²) in [5, 5.41) is 8.13. The minimum absolute atomic E-state index is 0.167. The van der Waals surface area contributed by atoms with Gasteiger partial charge in [0.15, 0.2) is 5.69 Å². The van der Waals surface area contributed by atoms with E-state index >= 15 is 0 Å². The Morgan fingerprint density at radius 2 is 1.79 bits per heavy atom. The van der Waals surface area contributed by atoms with E-state index in [-0.39, 0.29) is 24.2 Å². The van der Waals surface area contributed by atoms with Crippen LogP contribution in [0.25, 0.3) is 5.69 Å². The number of esters is 1. The molecule has 150 valence electrons. The minimum Gasteiger partial charge on any atom is -0.468 e. The summed E-state index contributed by atoms with van der Waals surface area (Å²) in [4.78, 5) is 26.8. The van der Waals surface area contributed by atoms with Crippen LogP contribution in [0.4, 0.5) is 0 Å². The summed E-state index contributed by atoms with van der Waals surface area (Å²) in [6, 6.07) is 17.1. The van der Waals surface area contributed by atoms with Crippen molar-refractivity contribution in [3.8, 4) is 5.69 Å². The lowest BCUT2D eigenvalue weighted by atomic mass is 10.0. The first-order chi connectivity index (χ1) is 14.0. The Labute approximate surface area is 169 Å². The monoisotopic (exact) mass is 392 g/mol. The van der Waals surface area contributed by atoms with Crippen LogP contribution in [0.5, 0.6) is 0 Å². The van der Waals surface area contributed by atoms with Gasteiger partial charge >= 0.3 is 5.97 Å². The molecule has 7 heteroatoms. The van der Waals surface area contributed by atoms with Crippen molar-refractivity contribution in [3.05, 3.63) is 77.6 Å². The molecule has 0 N–H and O–H groups in total. The predicted octanol–water partition coefficient (Wildman–Crippen LogP) is 3.34. The van der Waals surface area contributed by atoms with Crippen LogP contribution in [0, 0.1) is 6.92 Å². The number of hydrogen-bond donors (Lipinski definition) is 0. The highest BCUT2D eigenvalue weighted by atomic mass is 16.5. The molecule has 1 aromatic heterocycles. The maximum Gasteiger partial charge on any atom is 0.325 e. The Morgan fingerprint density at radius 1 is 1.10 bits per heavy atom. The predicted molar refractivity (Wildman–Crippen MR) is 109 cm³/mol. The van der Waals surface area contributed by atoms with Crippen molar-refractivity contribution in [3.63, 3.8) is 0 Å². The van der Waals surface area contributed by atoms with Crippen LogP contribution in [0.1, 0.15) is 41.0 Å². The average molecular weight is 392 g/mol. The fraction of sp³-hybridized carbons (Fsp3) is 0.273. The number of carbonyl (C=O) groups is 2. The van der Waals surface area contributed by atoms with E-state index < -0.39 is 5.97 Å².